The quantitative estimate of drug-likeness (QED) is 0.675. The average molecular weight is 294 g/mol. The van der Waals surface area contributed by atoms with E-state index < -0.39 is 0 Å². The Kier molecular flexibility index (Phi) is 5.09. The summed E-state index contributed by atoms with van der Waals surface area (Å²) in [6.07, 6.45) is 3.07. The van der Waals surface area contributed by atoms with Crippen molar-refractivity contribution in [3.63, 3.8) is 0 Å². The fourth-order valence-electron chi connectivity index (χ4n) is 1.90. The summed E-state index contributed by atoms with van der Waals surface area (Å²) in [5, 5.41) is 0. The number of rotatable bonds is 3. The van der Waals surface area contributed by atoms with Gasteiger partial charge in [-0.2, -0.15) is 0 Å². The van der Waals surface area contributed by atoms with Crippen LogP contribution in [0, 0.1) is 13.8 Å². The van der Waals surface area contributed by atoms with E-state index in [1.165, 1.54) is 6.08 Å². The van der Waals surface area contributed by atoms with Gasteiger partial charge in [0.25, 0.3) is 11.8 Å². The number of nitrogens with one attached hydrogen (secondary N) is 2. The van der Waals surface area contributed by atoms with Gasteiger partial charge in [0.15, 0.2) is 0 Å². The average Bonchev–Trinajstić information content (AvgIpc) is 2.52. The van der Waals surface area contributed by atoms with E-state index in [2.05, 4.69) is 10.9 Å². The number of aryl methyl sites for hydroxylation is 2. The highest BCUT2D eigenvalue weighted by atomic mass is 16.2. The summed E-state index contributed by atoms with van der Waals surface area (Å²) < 4.78 is 0. The van der Waals surface area contributed by atoms with Crippen LogP contribution in [0.25, 0.3) is 6.08 Å². The van der Waals surface area contributed by atoms with E-state index in [9.17, 15) is 9.59 Å². The fourth-order valence-corrected chi connectivity index (χ4v) is 1.90. The third-order valence-corrected chi connectivity index (χ3v) is 3.19. The van der Waals surface area contributed by atoms with Gasteiger partial charge < -0.3 is 0 Å². The Labute approximate surface area is 129 Å². The summed E-state index contributed by atoms with van der Waals surface area (Å²) in [5.41, 5.74) is 8.23. The van der Waals surface area contributed by atoms with E-state index in [0.29, 0.717) is 5.56 Å². The summed E-state index contributed by atoms with van der Waals surface area (Å²) >= 11 is 0. The zero-order valence-corrected chi connectivity index (χ0v) is 12.6. The first kappa shape index (κ1) is 15.5. The largest absolute Gasteiger partial charge is 0.269 e. The van der Waals surface area contributed by atoms with Gasteiger partial charge in [-0.25, -0.2) is 0 Å². The highest BCUT2D eigenvalue weighted by Crippen LogP contribution is 2.06. The van der Waals surface area contributed by atoms with Gasteiger partial charge in [0, 0.05) is 11.6 Å². The maximum Gasteiger partial charge on any atom is 0.269 e. The van der Waals surface area contributed by atoms with Crippen molar-refractivity contribution in [1.82, 2.24) is 10.9 Å². The molecule has 0 aliphatic carbocycles. The number of hydrogen-bond acceptors (Lipinski definition) is 2. The van der Waals surface area contributed by atoms with E-state index in [1.54, 1.807) is 18.2 Å². The predicted octanol–water partition coefficient (Wildman–Crippen LogP) is 2.78. The molecule has 0 aromatic heterocycles. The van der Waals surface area contributed by atoms with Crippen molar-refractivity contribution in [1.29, 1.82) is 0 Å². The molecule has 2 N–H and O–H groups in total. The lowest BCUT2D eigenvalue weighted by atomic mass is 10.1. The van der Waals surface area contributed by atoms with Crippen LogP contribution in [0.15, 0.2) is 54.6 Å². The van der Waals surface area contributed by atoms with Crippen molar-refractivity contribution < 1.29 is 9.59 Å². The number of hydrazine groups is 1. The second-order valence-electron chi connectivity index (χ2n) is 5.00. The van der Waals surface area contributed by atoms with Crippen LogP contribution in [0.3, 0.4) is 0 Å². The molecule has 2 aromatic carbocycles. The third kappa shape index (κ3) is 4.31. The number of carbonyl (C=O) groups is 2. The highest BCUT2D eigenvalue weighted by molar-refractivity contribution is 5.98. The molecule has 0 aliphatic heterocycles. The predicted molar refractivity (Wildman–Crippen MR) is 87.0 cm³/mol. The van der Waals surface area contributed by atoms with Crippen molar-refractivity contribution in [2.45, 2.75) is 13.8 Å². The molecule has 4 nitrogen and oxygen atoms in total. The molecule has 2 aromatic rings. The van der Waals surface area contributed by atoms with Crippen molar-refractivity contribution in [2.75, 3.05) is 0 Å². The van der Waals surface area contributed by atoms with Crippen molar-refractivity contribution in [3.05, 3.63) is 76.9 Å². The standard InChI is InChI=1S/C18H18N2O2/c1-13-7-9-15(10-8-13)11-12-17(21)19-20-18(22)16-6-4-3-5-14(16)2/h3-12H,1-2H3,(H,19,21)(H,20,22). The first-order chi connectivity index (χ1) is 10.6. The molecule has 0 aliphatic rings. The SMILES string of the molecule is Cc1ccc(C=CC(=O)NNC(=O)c2ccccc2C)cc1. The summed E-state index contributed by atoms with van der Waals surface area (Å²) in [4.78, 5) is 23.6. The van der Waals surface area contributed by atoms with Gasteiger partial charge in [-0.15, -0.1) is 0 Å². The second kappa shape index (κ2) is 7.22. The minimum Gasteiger partial charge on any atom is -0.268 e. The second-order valence-corrected chi connectivity index (χ2v) is 5.00. The van der Waals surface area contributed by atoms with Crippen LogP contribution in [0.5, 0.6) is 0 Å². The molecule has 112 valence electrons. The molecule has 0 fully saturated rings. The van der Waals surface area contributed by atoms with E-state index in [1.807, 2.05) is 50.2 Å². The Balaban J connectivity index is 1.89. The summed E-state index contributed by atoms with van der Waals surface area (Å²) in [5.74, 6) is -0.724. The Morgan fingerprint density at radius 3 is 2.27 bits per heavy atom. The lowest BCUT2D eigenvalue weighted by Crippen LogP contribution is -2.41. The molecular formula is C18H18N2O2. The minimum atomic E-state index is -0.387. The number of amides is 2. The smallest absolute Gasteiger partial charge is 0.268 e. The molecular weight excluding hydrogens is 276 g/mol. The Morgan fingerprint density at radius 2 is 1.59 bits per heavy atom. The molecule has 0 bridgehead atoms. The highest BCUT2D eigenvalue weighted by Gasteiger charge is 2.07. The molecule has 0 atom stereocenters. The van der Waals surface area contributed by atoms with Crippen molar-refractivity contribution >= 4 is 17.9 Å². The Bertz CT molecular complexity index is 703. The van der Waals surface area contributed by atoms with Gasteiger partial charge in [-0.3, -0.25) is 20.4 Å². The van der Waals surface area contributed by atoms with E-state index in [0.717, 1.165) is 16.7 Å². The van der Waals surface area contributed by atoms with Crippen LogP contribution in [0.1, 0.15) is 27.0 Å². The molecule has 0 spiro atoms. The van der Waals surface area contributed by atoms with Gasteiger partial charge in [-0.05, 0) is 37.1 Å². The van der Waals surface area contributed by atoms with Crippen LogP contribution in [-0.4, -0.2) is 11.8 Å². The van der Waals surface area contributed by atoms with Crippen LogP contribution in [-0.2, 0) is 4.79 Å². The first-order valence-corrected chi connectivity index (χ1v) is 6.97. The Morgan fingerprint density at radius 1 is 0.909 bits per heavy atom. The zero-order valence-electron chi connectivity index (χ0n) is 12.6. The van der Waals surface area contributed by atoms with E-state index in [-0.39, 0.29) is 11.8 Å². The summed E-state index contributed by atoms with van der Waals surface area (Å²) in [6, 6.07) is 15.0. The van der Waals surface area contributed by atoms with Crippen molar-refractivity contribution in [2.24, 2.45) is 0 Å². The molecule has 2 amide bonds. The van der Waals surface area contributed by atoms with Gasteiger partial charge in [-0.1, -0.05) is 48.0 Å². The minimum absolute atomic E-state index is 0.338. The fraction of sp³-hybridized carbons (Fsp3) is 0.111. The molecule has 0 unspecified atom stereocenters. The van der Waals surface area contributed by atoms with Crippen LogP contribution in [0.2, 0.25) is 0 Å². The van der Waals surface area contributed by atoms with E-state index >= 15 is 0 Å². The topological polar surface area (TPSA) is 58.2 Å². The normalized spacial score (nSPS) is 10.5. The lowest BCUT2D eigenvalue weighted by molar-refractivity contribution is -0.117. The summed E-state index contributed by atoms with van der Waals surface area (Å²) in [6.45, 7) is 3.84. The van der Waals surface area contributed by atoms with Crippen molar-refractivity contribution in [3.8, 4) is 0 Å². The Hall–Kier alpha value is -2.88. The molecule has 0 radical (unpaired) electrons. The lowest BCUT2D eigenvalue weighted by Gasteiger charge is -2.07. The van der Waals surface area contributed by atoms with Gasteiger partial charge >= 0.3 is 0 Å². The number of benzene rings is 2. The molecule has 0 saturated carbocycles. The maximum absolute atomic E-state index is 11.9. The zero-order chi connectivity index (χ0) is 15.9. The van der Waals surface area contributed by atoms with Crippen LogP contribution in [0.4, 0.5) is 0 Å². The van der Waals surface area contributed by atoms with Gasteiger partial charge in [0.05, 0.1) is 0 Å². The molecule has 22 heavy (non-hydrogen) atoms. The number of carbonyl (C=O) groups excluding carboxylic acids is 2. The number of hydrogen-bond donors (Lipinski definition) is 2. The van der Waals surface area contributed by atoms with E-state index in [4.69, 9.17) is 0 Å². The summed E-state index contributed by atoms with van der Waals surface area (Å²) in [7, 11) is 0. The molecule has 0 saturated heterocycles. The van der Waals surface area contributed by atoms with Gasteiger partial charge in [0.1, 0.15) is 0 Å². The van der Waals surface area contributed by atoms with Crippen LogP contribution >= 0.6 is 0 Å². The maximum atomic E-state index is 11.9. The molecule has 0 heterocycles. The monoisotopic (exact) mass is 294 g/mol. The molecule has 2 rings (SSSR count). The van der Waals surface area contributed by atoms with Crippen LogP contribution < -0.4 is 10.9 Å². The molecule has 4 heteroatoms. The van der Waals surface area contributed by atoms with Gasteiger partial charge in [0.2, 0.25) is 0 Å². The first-order valence-electron chi connectivity index (χ1n) is 6.97. The third-order valence-electron chi connectivity index (χ3n) is 3.19.